The van der Waals surface area contributed by atoms with Crippen molar-refractivity contribution in [3.63, 3.8) is 0 Å². The number of ether oxygens (including phenoxy) is 1. The van der Waals surface area contributed by atoms with Gasteiger partial charge in [-0.25, -0.2) is 0 Å². The van der Waals surface area contributed by atoms with E-state index < -0.39 is 5.79 Å². The molecule has 2 fully saturated rings. The lowest BCUT2D eigenvalue weighted by molar-refractivity contribution is -0.226. The second kappa shape index (κ2) is 3.77. The van der Waals surface area contributed by atoms with Gasteiger partial charge in [0.25, 0.3) is 0 Å². The lowest BCUT2D eigenvalue weighted by atomic mass is 10.2. The molecule has 3 atom stereocenters. The van der Waals surface area contributed by atoms with Gasteiger partial charge in [0.1, 0.15) is 0 Å². The third kappa shape index (κ3) is 2.08. The molecule has 2 saturated carbocycles. The van der Waals surface area contributed by atoms with Crippen LogP contribution in [0.3, 0.4) is 0 Å². The molecule has 0 aromatic carbocycles. The first-order valence-electron chi connectivity index (χ1n) is 5.43. The van der Waals surface area contributed by atoms with E-state index in [-0.39, 0.29) is 18.2 Å². The summed E-state index contributed by atoms with van der Waals surface area (Å²) in [6.07, 6.45) is 4.04. The lowest BCUT2D eigenvalue weighted by Crippen LogP contribution is -2.40. The normalized spacial score (nSPS) is 41.8. The van der Waals surface area contributed by atoms with Crippen molar-refractivity contribution in [2.24, 2.45) is 5.73 Å². The smallest absolute Gasteiger partial charge is 0.165 e. The Hall–Kier alpha value is -0.160. The zero-order valence-electron chi connectivity index (χ0n) is 8.35. The molecule has 0 aromatic rings. The van der Waals surface area contributed by atoms with Crippen LogP contribution >= 0.6 is 0 Å². The minimum atomic E-state index is -0.966. The maximum Gasteiger partial charge on any atom is 0.165 e. The molecule has 0 unspecified atom stereocenters. The Labute approximate surface area is 84.1 Å². The van der Waals surface area contributed by atoms with E-state index in [1.54, 1.807) is 0 Å². The first kappa shape index (κ1) is 10.4. The molecule has 82 valence electrons. The van der Waals surface area contributed by atoms with Crippen LogP contribution < -0.4 is 5.73 Å². The van der Waals surface area contributed by atoms with Gasteiger partial charge in [0, 0.05) is 25.3 Å². The SMILES string of the molecule is N[C@@H]1C[C@H](O)C[C@H]1OC1(O)CCCC1. The van der Waals surface area contributed by atoms with Crippen molar-refractivity contribution in [2.45, 2.75) is 62.6 Å². The summed E-state index contributed by atoms with van der Waals surface area (Å²) < 4.78 is 5.61. The molecule has 4 N–H and O–H groups in total. The summed E-state index contributed by atoms with van der Waals surface area (Å²) in [6.45, 7) is 0. The summed E-state index contributed by atoms with van der Waals surface area (Å²) in [7, 11) is 0. The van der Waals surface area contributed by atoms with Crippen molar-refractivity contribution < 1.29 is 14.9 Å². The monoisotopic (exact) mass is 201 g/mol. The van der Waals surface area contributed by atoms with Gasteiger partial charge in [-0.3, -0.25) is 0 Å². The van der Waals surface area contributed by atoms with Crippen LogP contribution in [0.25, 0.3) is 0 Å². The van der Waals surface area contributed by atoms with Crippen LogP contribution in [0.1, 0.15) is 38.5 Å². The van der Waals surface area contributed by atoms with Crippen molar-refractivity contribution in [3.05, 3.63) is 0 Å². The maximum atomic E-state index is 10.00. The third-order valence-corrected chi connectivity index (χ3v) is 3.28. The van der Waals surface area contributed by atoms with E-state index in [1.807, 2.05) is 0 Å². The number of rotatable bonds is 2. The topological polar surface area (TPSA) is 75.7 Å². The van der Waals surface area contributed by atoms with Crippen LogP contribution in [-0.2, 0) is 4.74 Å². The Morgan fingerprint density at radius 1 is 1.21 bits per heavy atom. The van der Waals surface area contributed by atoms with Crippen molar-refractivity contribution in [1.29, 1.82) is 0 Å². The molecule has 0 amide bonds. The molecular formula is C10H19NO3. The largest absolute Gasteiger partial charge is 0.393 e. The number of hydrogen-bond acceptors (Lipinski definition) is 4. The minimum Gasteiger partial charge on any atom is -0.393 e. The van der Waals surface area contributed by atoms with Gasteiger partial charge in [0.2, 0.25) is 0 Å². The summed E-state index contributed by atoms with van der Waals surface area (Å²) in [4.78, 5) is 0. The van der Waals surface area contributed by atoms with Gasteiger partial charge in [-0.2, -0.15) is 0 Å². The molecule has 0 bridgehead atoms. The molecule has 0 aromatic heterocycles. The van der Waals surface area contributed by atoms with Crippen molar-refractivity contribution >= 4 is 0 Å². The average molecular weight is 201 g/mol. The number of aliphatic hydroxyl groups excluding tert-OH is 1. The van der Waals surface area contributed by atoms with Gasteiger partial charge < -0.3 is 20.7 Å². The predicted molar refractivity (Wildman–Crippen MR) is 51.5 cm³/mol. The number of aliphatic hydroxyl groups is 2. The first-order chi connectivity index (χ1) is 6.59. The van der Waals surface area contributed by atoms with E-state index >= 15 is 0 Å². The number of hydrogen-bond donors (Lipinski definition) is 3. The highest BCUT2D eigenvalue weighted by Gasteiger charge is 2.40. The molecule has 0 spiro atoms. The van der Waals surface area contributed by atoms with Gasteiger partial charge in [0.15, 0.2) is 5.79 Å². The Morgan fingerprint density at radius 3 is 2.36 bits per heavy atom. The van der Waals surface area contributed by atoms with Gasteiger partial charge in [-0.15, -0.1) is 0 Å². The van der Waals surface area contributed by atoms with E-state index in [0.29, 0.717) is 25.7 Å². The second-order valence-electron chi connectivity index (χ2n) is 4.60. The predicted octanol–water partition coefficient (Wildman–Crippen LogP) is 0.116. The molecule has 0 radical (unpaired) electrons. The zero-order chi connectivity index (χ0) is 10.2. The first-order valence-corrected chi connectivity index (χ1v) is 5.43. The Kier molecular flexibility index (Phi) is 2.79. The van der Waals surface area contributed by atoms with Crippen molar-refractivity contribution in [3.8, 4) is 0 Å². The molecular weight excluding hydrogens is 182 g/mol. The molecule has 0 saturated heterocycles. The molecule has 4 nitrogen and oxygen atoms in total. The van der Waals surface area contributed by atoms with Crippen molar-refractivity contribution in [2.75, 3.05) is 0 Å². The standard InChI is InChI=1S/C10H19NO3/c11-8-5-7(12)6-9(8)14-10(13)3-1-2-4-10/h7-9,12-13H,1-6,11H2/t7-,8+,9+/m0/s1. The summed E-state index contributed by atoms with van der Waals surface area (Å²) in [5.74, 6) is -0.966. The van der Waals surface area contributed by atoms with Crippen LogP contribution in [0.4, 0.5) is 0 Å². The highest BCUT2D eigenvalue weighted by atomic mass is 16.6. The Balaban J connectivity index is 1.90. The fraction of sp³-hybridized carbons (Fsp3) is 1.00. The summed E-state index contributed by atoms with van der Waals surface area (Å²) >= 11 is 0. The maximum absolute atomic E-state index is 10.00. The van der Waals surface area contributed by atoms with Crippen LogP contribution in [0.2, 0.25) is 0 Å². The minimum absolute atomic E-state index is 0.130. The number of nitrogens with two attached hydrogens (primary N) is 1. The molecule has 0 aliphatic heterocycles. The fourth-order valence-corrected chi connectivity index (χ4v) is 2.47. The Morgan fingerprint density at radius 2 is 1.86 bits per heavy atom. The average Bonchev–Trinajstić information content (AvgIpc) is 2.61. The Bertz CT molecular complexity index is 204. The van der Waals surface area contributed by atoms with Crippen LogP contribution in [0.15, 0.2) is 0 Å². The van der Waals surface area contributed by atoms with Crippen LogP contribution in [0, 0.1) is 0 Å². The summed E-state index contributed by atoms with van der Waals surface area (Å²) in [5.41, 5.74) is 5.81. The second-order valence-corrected chi connectivity index (χ2v) is 4.60. The van der Waals surface area contributed by atoms with Crippen molar-refractivity contribution in [1.82, 2.24) is 0 Å². The molecule has 2 aliphatic carbocycles. The molecule has 0 heterocycles. The lowest BCUT2D eigenvalue weighted by Gasteiger charge is -2.28. The molecule has 2 rings (SSSR count). The highest BCUT2D eigenvalue weighted by Crippen LogP contribution is 2.34. The van der Waals surface area contributed by atoms with Gasteiger partial charge in [-0.05, 0) is 19.3 Å². The fourth-order valence-electron chi connectivity index (χ4n) is 2.47. The summed E-state index contributed by atoms with van der Waals surface area (Å²) in [6, 6.07) is -0.130. The molecule has 2 aliphatic rings. The van der Waals surface area contributed by atoms with Gasteiger partial charge in [-0.1, -0.05) is 0 Å². The zero-order valence-corrected chi connectivity index (χ0v) is 8.35. The van der Waals surface area contributed by atoms with Gasteiger partial charge >= 0.3 is 0 Å². The third-order valence-electron chi connectivity index (χ3n) is 3.28. The van der Waals surface area contributed by atoms with E-state index in [0.717, 1.165) is 12.8 Å². The van der Waals surface area contributed by atoms with Crippen LogP contribution in [-0.4, -0.2) is 34.2 Å². The molecule has 14 heavy (non-hydrogen) atoms. The van der Waals surface area contributed by atoms with E-state index in [4.69, 9.17) is 10.5 Å². The highest BCUT2D eigenvalue weighted by molar-refractivity contribution is 4.89. The molecule has 4 heteroatoms. The van der Waals surface area contributed by atoms with Gasteiger partial charge in [0.05, 0.1) is 12.2 Å². The van der Waals surface area contributed by atoms with E-state index in [2.05, 4.69) is 0 Å². The van der Waals surface area contributed by atoms with E-state index in [1.165, 1.54) is 0 Å². The summed E-state index contributed by atoms with van der Waals surface area (Å²) in [5, 5.41) is 19.4. The van der Waals surface area contributed by atoms with Crippen LogP contribution in [0.5, 0.6) is 0 Å². The van der Waals surface area contributed by atoms with E-state index in [9.17, 15) is 10.2 Å². The quantitative estimate of drug-likeness (QED) is 0.554.